The Hall–Kier alpha value is 1.10. The molecule has 1 aromatic carbocycles. The Morgan fingerprint density at radius 2 is 1.33 bits per heavy atom. The average molecular weight is 263 g/mol. The van der Waals surface area contributed by atoms with E-state index in [2.05, 4.69) is 0 Å². The van der Waals surface area contributed by atoms with Crippen LogP contribution >= 0.6 is 25.5 Å². The standard InChI is InChI=1S/C5H5.3ClH.Zr/c1-2-4-5-3-1;;;;/h1-5H;3*1H;/q-1;;;;+3/p-3. The van der Waals surface area contributed by atoms with E-state index in [0.717, 1.165) is 0 Å². The first-order valence-electron chi connectivity index (χ1n) is 2.23. The van der Waals surface area contributed by atoms with Crippen LogP contribution < -0.4 is 0 Å². The third kappa shape index (κ3) is 12.3. The third-order valence-electron chi connectivity index (χ3n) is 0.556. The van der Waals surface area contributed by atoms with Gasteiger partial charge in [-0.25, -0.2) is 12.1 Å². The third-order valence-corrected chi connectivity index (χ3v) is 0.556. The summed E-state index contributed by atoms with van der Waals surface area (Å²) in [6.45, 7) is 0. The normalized spacial score (nSPS) is 7.44. The number of hydrogen-bond acceptors (Lipinski definition) is 0. The summed E-state index contributed by atoms with van der Waals surface area (Å²) in [5.74, 6) is 0. The molecule has 0 amide bonds. The van der Waals surface area contributed by atoms with E-state index in [-0.39, 0.29) is 0 Å². The monoisotopic (exact) mass is 260 g/mol. The summed E-state index contributed by atoms with van der Waals surface area (Å²) >= 11 is -2.13. The van der Waals surface area contributed by atoms with E-state index in [1.54, 1.807) is 0 Å². The zero-order valence-corrected chi connectivity index (χ0v) is 9.25. The molecule has 0 radical (unpaired) electrons. The molecule has 0 saturated carbocycles. The molecule has 4 heteroatoms. The van der Waals surface area contributed by atoms with Gasteiger partial charge in [0.05, 0.1) is 0 Å². The molecule has 0 saturated heterocycles. The SMILES string of the molecule is [Cl][Zr]([Cl])[Cl].c1cc[cH-]c1. The molecule has 0 bridgehead atoms. The minimum absolute atomic E-state index is 2.00. The van der Waals surface area contributed by atoms with Gasteiger partial charge in [-0.3, -0.25) is 0 Å². The van der Waals surface area contributed by atoms with Crippen LogP contribution in [0.5, 0.6) is 0 Å². The maximum atomic E-state index is 5.00. The van der Waals surface area contributed by atoms with Crippen LogP contribution in [-0.2, 0) is 18.2 Å². The fourth-order valence-corrected chi connectivity index (χ4v) is 0.321. The first kappa shape index (κ1) is 10.1. The fourth-order valence-electron chi connectivity index (χ4n) is 0.321. The summed E-state index contributed by atoms with van der Waals surface area (Å²) in [6.07, 6.45) is 0. The zero-order chi connectivity index (χ0) is 7.11. The van der Waals surface area contributed by atoms with Crippen LogP contribution in [0.15, 0.2) is 30.3 Å². The van der Waals surface area contributed by atoms with E-state index in [1.807, 2.05) is 30.3 Å². The molecule has 0 fully saturated rings. The van der Waals surface area contributed by atoms with Gasteiger partial charge in [0.25, 0.3) is 0 Å². The van der Waals surface area contributed by atoms with Crippen molar-refractivity contribution in [2.45, 2.75) is 0 Å². The first-order valence-corrected chi connectivity index (χ1v) is 11.7. The first-order chi connectivity index (χ1) is 4.23. The van der Waals surface area contributed by atoms with Gasteiger partial charge in [-0.2, -0.15) is 18.2 Å². The topological polar surface area (TPSA) is 0 Å². The molecule has 9 heavy (non-hydrogen) atoms. The Bertz CT molecular complexity index is 95.8. The van der Waals surface area contributed by atoms with Crippen molar-refractivity contribution in [3.8, 4) is 0 Å². The van der Waals surface area contributed by atoms with Crippen molar-refractivity contribution in [1.29, 1.82) is 0 Å². The predicted molar refractivity (Wildman–Crippen MR) is 39.6 cm³/mol. The Morgan fingerprint density at radius 1 is 1.00 bits per heavy atom. The second kappa shape index (κ2) is 7.21. The molecule has 0 heterocycles. The van der Waals surface area contributed by atoms with Gasteiger partial charge in [0.2, 0.25) is 0 Å². The average Bonchev–Trinajstić information content (AvgIpc) is 2.11. The van der Waals surface area contributed by atoms with Crippen molar-refractivity contribution in [3.05, 3.63) is 30.3 Å². The second-order valence-electron chi connectivity index (χ2n) is 1.18. The van der Waals surface area contributed by atoms with E-state index >= 15 is 0 Å². The van der Waals surface area contributed by atoms with E-state index in [9.17, 15) is 0 Å². The van der Waals surface area contributed by atoms with E-state index in [0.29, 0.717) is 0 Å². The van der Waals surface area contributed by atoms with Crippen molar-refractivity contribution >= 4 is 25.5 Å². The molecule has 51 valence electrons. The molecule has 0 N–H and O–H groups in total. The second-order valence-corrected chi connectivity index (χ2v) is 12.4. The molecule has 0 aromatic heterocycles. The van der Waals surface area contributed by atoms with Crippen molar-refractivity contribution in [2.75, 3.05) is 0 Å². The van der Waals surface area contributed by atoms with Gasteiger partial charge in [0.15, 0.2) is 0 Å². The van der Waals surface area contributed by atoms with Gasteiger partial charge in [-0.05, 0) is 0 Å². The van der Waals surface area contributed by atoms with Crippen LogP contribution in [0, 0.1) is 0 Å². The summed E-state index contributed by atoms with van der Waals surface area (Å²) in [7, 11) is 15.0. The van der Waals surface area contributed by atoms with Gasteiger partial charge < -0.3 is 0 Å². The van der Waals surface area contributed by atoms with Gasteiger partial charge in [-0.1, -0.05) is 0 Å². The van der Waals surface area contributed by atoms with Crippen molar-refractivity contribution in [3.63, 3.8) is 0 Å². The van der Waals surface area contributed by atoms with Gasteiger partial charge in [0.1, 0.15) is 0 Å². The number of hydrogen-bond donors (Lipinski definition) is 0. The van der Waals surface area contributed by atoms with Crippen molar-refractivity contribution < 1.29 is 18.2 Å². The quantitative estimate of drug-likeness (QED) is 0.628. The molecule has 0 atom stereocenters. The van der Waals surface area contributed by atoms with Crippen LogP contribution in [0.2, 0.25) is 0 Å². The van der Waals surface area contributed by atoms with Gasteiger partial charge in [-0.15, -0.1) is 0 Å². The molecular formula is C5H5Cl3Zr-. The molecule has 1 rings (SSSR count). The largest absolute Gasteiger partial charge is 0.214 e. The summed E-state index contributed by atoms with van der Waals surface area (Å²) in [5, 5.41) is 0. The molecule has 0 aliphatic rings. The summed E-state index contributed by atoms with van der Waals surface area (Å²) < 4.78 is 0. The zero-order valence-electron chi connectivity index (χ0n) is 4.52. The van der Waals surface area contributed by atoms with E-state index in [4.69, 9.17) is 25.5 Å². The maximum Gasteiger partial charge on any atom is -0.172 e. The summed E-state index contributed by atoms with van der Waals surface area (Å²) in [5.41, 5.74) is 0. The Labute approximate surface area is 73.4 Å². The predicted octanol–water partition coefficient (Wildman–Crippen LogP) is 3.47. The molecule has 0 spiro atoms. The van der Waals surface area contributed by atoms with Crippen LogP contribution in [-0.4, -0.2) is 0 Å². The van der Waals surface area contributed by atoms with Crippen molar-refractivity contribution in [1.82, 2.24) is 0 Å². The van der Waals surface area contributed by atoms with E-state index in [1.165, 1.54) is 0 Å². The molecule has 0 aliphatic heterocycles. The number of halogens is 3. The molecule has 0 nitrogen and oxygen atoms in total. The number of rotatable bonds is 0. The van der Waals surface area contributed by atoms with Crippen LogP contribution in [0.3, 0.4) is 0 Å². The van der Waals surface area contributed by atoms with Crippen LogP contribution in [0.25, 0.3) is 0 Å². The summed E-state index contributed by atoms with van der Waals surface area (Å²) in [6, 6.07) is 10.0. The smallest absolute Gasteiger partial charge is 0.172 e. The minimum Gasteiger partial charge on any atom is -0.214 e. The van der Waals surface area contributed by atoms with Gasteiger partial charge in [0, 0.05) is 0 Å². The van der Waals surface area contributed by atoms with Crippen LogP contribution in [0.4, 0.5) is 0 Å². The minimum atomic E-state index is -2.13. The molecule has 1 aromatic rings. The molecule has 0 aliphatic carbocycles. The van der Waals surface area contributed by atoms with Crippen molar-refractivity contribution in [2.24, 2.45) is 0 Å². The molecule has 0 unspecified atom stereocenters. The Morgan fingerprint density at radius 3 is 1.44 bits per heavy atom. The van der Waals surface area contributed by atoms with E-state index < -0.39 is 18.2 Å². The Balaban J connectivity index is 0.000000148. The van der Waals surface area contributed by atoms with Crippen LogP contribution in [0.1, 0.15) is 0 Å². The van der Waals surface area contributed by atoms with Gasteiger partial charge >= 0.3 is 43.7 Å². The fraction of sp³-hybridized carbons (Fsp3) is 0. The summed E-state index contributed by atoms with van der Waals surface area (Å²) in [4.78, 5) is 0. The Kier molecular flexibility index (Phi) is 8.10. The molecular weight excluding hydrogens is 258 g/mol. The maximum absolute atomic E-state index is 5.00.